The summed E-state index contributed by atoms with van der Waals surface area (Å²) in [7, 11) is -1.49. The Labute approximate surface area is 192 Å². The van der Waals surface area contributed by atoms with Gasteiger partial charge in [0.05, 0.1) is 6.54 Å². The van der Waals surface area contributed by atoms with Crippen LogP contribution in [0.3, 0.4) is 0 Å². The smallest absolute Gasteiger partial charge is 0.244 e. The fourth-order valence-corrected chi connectivity index (χ4v) is 6.00. The lowest BCUT2D eigenvalue weighted by atomic mass is 10.2. The predicted molar refractivity (Wildman–Crippen MR) is 124 cm³/mol. The molecular formula is C22H36N6O3S. The van der Waals surface area contributed by atoms with Crippen LogP contribution in [0.4, 0.5) is 5.82 Å². The van der Waals surface area contributed by atoms with Crippen LogP contribution in [0.5, 0.6) is 0 Å². The number of aromatic nitrogens is 1. The lowest BCUT2D eigenvalue weighted by Crippen LogP contribution is -2.50. The fraction of sp³-hybridized carbons (Fsp3) is 0.727. The molecule has 10 heteroatoms. The van der Waals surface area contributed by atoms with Crippen LogP contribution >= 0.6 is 0 Å². The number of likely N-dealkylation sites (tertiary alicyclic amines) is 1. The first-order valence-corrected chi connectivity index (χ1v) is 13.3. The molecule has 0 radical (unpaired) electrons. The Balaban J connectivity index is 1.29. The molecule has 4 heterocycles. The molecule has 3 fully saturated rings. The van der Waals surface area contributed by atoms with E-state index in [1.807, 2.05) is 11.9 Å². The highest BCUT2D eigenvalue weighted by Crippen LogP contribution is 2.20. The van der Waals surface area contributed by atoms with E-state index in [9.17, 15) is 13.2 Å². The number of sulfonamides is 1. The zero-order valence-corrected chi connectivity index (χ0v) is 20.0. The fourth-order valence-electron chi connectivity index (χ4n) is 4.64. The SMILES string of the molecule is CN1CCN(S(=O)(=O)c2ccc(N3CCN(CC(=O)N4CCCCCC4)CC3)nc2)CC1. The van der Waals surface area contributed by atoms with Crippen molar-refractivity contribution in [3.05, 3.63) is 18.3 Å². The monoisotopic (exact) mass is 464 g/mol. The molecular weight excluding hydrogens is 428 g/mol. The quantitative estimate of drug-likeness (QED) is 0.629. The van der Waals surface area contributed by atoms with Crippen molar-refractivity contribution in [1.82, 2.24) is 24.0 Å². The minimum Gasteiger partial charge on any atom is -0.354 e. The molecule has 0 unspecified atom stereocenters. The maximum Gasteiger partial charge on any atom is 0.244 e. The number of amides is 1. The third-order valence-corrected chi connectivity index (χ3v) is 8.72. The molecule has 0 aromatic carbocycles. The third kappa shape index (κ3) is 5.59. The van der Waals surface area contributed by atoms with Crippen molar-refractivity contribution in [2.24, 2.45) is 0 Å². The molecule has 0 spiro atoms. The Morgan fingerprint density at radius 2 is 1.53 bits per heavy atom. The molecule has 178 valence electrons. The Morgan fingerprint density at radius 3 is 2.12 bits per heavy atom. The van der Waals surface area contributed by atoms with Gasteiger partial charge in [-0.2, -0.15) is 4.31 Å². The van der Waals surface area contributed by atoms with Crippen molar-refractivity contribution < 1.29 is 13.2 Å². The average molecular weight is 465 g/mol. The van der Waals surface area contributed by atoms with E-state index in [1.54, 1.807) is 16.4 Å². The Bertz CT molecular complexity index is 854. The first-order valence-electron chi connectivity index (χ1n) is 11.8. The Kier molecular flexibility index (Phi) is 7.65. The number of nitrogens with zero attached hydrogens (tertiary/aromatic N) is 6. The summed E-state index contributed by atoms with van der Waals surface area (Å²) in [5, 5.41) is 0. The lowest BCUT2D eigenvalue weighted by Gasteiger charge is -2.36. The van der Waals surface area contributed by atoms with E-state index < -0.39 is 10.0 Å². The highest BCUT2D eigenvalue weighted by atomic mass is 32.2. The van der Waals surface area contributed by atoms with E-state index in [0.29, 0.717) is 19.6 Å². The number of anilines is 1. The minimum atomic E-state index is -3.49. The van der Waals surface area contributed by atoms with E-state index >= 15 is 0 Å². The van der Waals surface area contributed by atoms with Crippen LogP contribution in [0.1, 0.15) is 25.7 Å². The largest absolute Gasteiger partial charge is 0.354 e. The molecule has 1 aromatic rings. The first kappa shape index (κ1) is 23.4. The van der Waals surface area contributed by atoms with Crippen molar-refractivity contribution in [2.45, 2.75) is 30.6 Å². The van der Waals surface area contributed by atoms with Crippen molar-refractivity contribution in [3.63, 3.8) is 0 Å². The van der Waals surface area contributed by atoms with Crippen LogP contribution in [0.2, 0.25) is 0 Å². The topological polar surface area (TPSA) is 80.3 Å². The summed E-state index contributed by atoms with van der Waals surface area (Å²) >= 11 is 0. The summed E-state index contributed by atoms with van der Waals surface area (Å²) in [5.41, 5.74) is 0. The van der Waals surface area contributed by atoms with Gasteiger partial charge >= 0.3 is 0 Å². The summed E-state index contributed by atoms with van der Waals surface area (Å²) in [6, 6.07) is 3.48. The minimum absolute atomic E-state index is 0.247. The summed E-state index contributed by atoms with van der Waals surface area (Å²) in [6.07, 6.45) is 6.17. The van der Waals surface area contributed by atoms with Crippen LogP contribution in [-0.2, 0) is 14.8 Å². The molecule has 3 aliphatic heterocycles. The zero-order chi connectivity index (χ0) is 22.6. The van der Waals surface area contributed by atoms with Gasteiger partial charge in [-0.15, -0.1) is 0 Å². The normalized spacial score (nSPS) is 22.7. The van der Waals surface area contributed by atoms with Crippen molar-refractivity contribution in [1.29, 1.82) is 0 Å². The second-order valence-corrected chi connectivity index (χ2v) is 11.1. The molecule has 0 bridgehead atoms. The molecule has 0 aliphatic carbocycles. The molecule has 3 aliphatic rings. The number of hydrogen-bond acceptors (Lipinski definition) is 7. The number of rotatable bonds is 5. The van der Waals surface area contributed by atoms with Gasteiger partial charge in [-0.05, 0) is 32.0 Å². The molecule has 0 N–H and O–H groups in total. The molecule has 9 nitrogen and oxygen atoms in total. The summed E-state index contributed by atoms with van der Waals surface area (Å²) in [4.78, 5) is 25.9. The van der Waals surface area contributed by atoms with Gasteiger partial charge in [-0.1, -0.05) is 12.8 Å². The number of carbonyl (C=O) groups excluding carboxylic acids is 1. The van der Waals surface area contributed by atoms with Crippen molar-refractivity contribution in [3.8, 4) is 0 Å². The van der Waals surface area contributed by atoms with Gasteiger partial charge in [-0.3, -0.25) is 9.69 Å². The molecule has 4 rings (SSSR count). The summed E-state index contributed by atoms with van der Waals surface area (Å²) in [6.45, 7) is 7.98. The lowest BCUT2D eigenvalue weighted by molar-refractivity contribution is -0.132. The second-order valence-electron chi connectivity index (χ2n) is 9.12. The molecule has 1 amide bonds. The summed E-state index contributed by atoms with van der Waals surface area (Å²) in [5.74, 6) is 1.04. The first-order chi connectivity index (χ1) is 15.4. The van der Waals surface area contributed by atoms with Crippen LogP contribution < -0.4 is 4.90 Å². The second kappa shape index (κ2) is 10.5. The van der Waals surface area contributed by atoms with Crippen LogP contribution in [0.25, 0.3) is 0 Å². The molecule has 0 atom stereocenters. The molecule has 1 aromatic heterocycles. The van der Waals surface area contributed by atoms with Crippen LogP contribution in [0, 0.1) is 0 Å². The van der Waals surface area contributed by atoms with E-state index in [-0.39, 0.29) is 10.8 Å². The Morgan fingerprint density at radius 1 is 0.875 bits per heavy atom. The number of pyridine rings is 1. The van der Waals surface area contributed by atoms with E-state index in [1.165, 1.54) is 19.0 Å². The molecule has 3 saturated heterocycles. The van der Waals surface area contributed by atoms with Crippen molar-refractivity contribution >= 4 is 21.7 Å². The summed E-state index contributed by atoms with van der Waals surface area (Å²) < 4.78 is 27.3. The number of hydrogen-bond donors (Lipinski definition) is 0. The van der Waals surface area contributed by atoms with Gasteiger partial charge in [0.1, 0.15) is 10.7 Å². The van der Waals surface area contributed by atoms with Gasteiger partial charge in [-0.25, -0.2) is 13.4 Å². The van der Waals surface area contributed by atoms with Crippen LogP contribution in [-0.4, -0.2) is 117 Å². The van der Waals surface area contributed by atoms with Gasteiger partial charge < -0.3 is 14.7 Å². The van der Waals surface area contributed by atoms with E-state index in [0.717, 1.165) is 71.0 Å². The van der Waals surface area contributed by atoms with Gasteiger partial charge in [0.2, 0.25) is 15.9 Å². The zero-order valence-electron chi connectivity index (χ0n) is 19.2. The van der Waals surface area contributed by atoms with E-state index in [2.05, 4.69) is 19.7 Å². The number of carbonyl (C=O) groups is 1. The van der Waals surface area contributed by atoms with Crippen LogP contribution in [0.15, 0.2) is 23.2 Å². The highest BCUT2D eigenvalue weighted by Gasteiger charge is 2.28. The predicted octanol–water partition coefficient (Wildman–Crippen LogP) is 0.542. The standard InChI is InChI=1S/C22H36N6O3S/c1-24-10-16-28(17-11-24)32(30,31)20-6-7-21(23-18-20)26-14-12-25(13-15-26)19-22(29)27-8-4-2-3-5-9-27/h6-7,18H,2-5,8-17,19H2,1H3. The van der Waals surface area contributed by atoms with Gasteiger partial charge in [0.25, 0.3) is 0 Å². The molecule has 32 heavy (non-hydrogen) atoms. The van der Waals surface area contributed by atoms with Gasteiger partial charge in [0.15, 0.2) is 0 Å². The average Bonchev–Trinajstić information content (AvgIpc) is 3.10. The third-order valence-electron chi connectivity index (χ3n) is 6.83. The van der Waals surface area contributed by atoms with Crippen molar-refractivity contribution in [2.75, 3.05) is 83.9 Å². The Hall–Kier alpha value is -1.75. The van der Waals surface area contributed by atoms with Gasteiger partial charge in [0, 0.05) is 71.6 Å². The highest BCUT2D eigenvalue weighted by molar-refractivity contribution is 7.89. The number of piperazine rings is 2. The van der Waals surface area contributed by atoms with E-state index in [4.69, 9.17) is 0 Å². The number of likely N-dealkylation sites (N-methyl/N-ethyl adjacent to an activating group) is 1. The maximum absolute atomic E-state index is 12.9. The molecule has 0 saturated carbocycles. The maximum atomic E-state index is 12.9.